The van der Waals surface area contributed by atoms with E-state index in [1.165, 1.54) is 0 Å². The molecule has 0 amide bonds. The normalized spacial score (nSPS) is 11.0. The van der Waals surface area contributed by atoms with E-state index in [-0.39, 0.29) is 5.28 Å². The summed E-state index contributed by atoms with van der Waals surface area (Å²) in [5.41, 5.74) is 2.58. The molecule has 0 spiro atoms. The zero-order valence-electron chi connectivity index (χ0n) is 9.22. The molecule has 0 fully saturated rings. The summed E-state index contributed by atoms with van der Waals surface area (Å²) in [6.07, 6.45) is 3.34. The lowest BCUT2D eigenvalue weighted by Crippen LogP contribution is -1.99. The number of rotatable bonds is 2. The monoisotopic (exact) mass is 278 g/mol. The largest absolute Gasteiger partial charge is 0.311 e. The SMILES string of the molecule is Clc1ccc(Cn2cnc3cnc(Cl)nc32)cc1. The number of halogens is 2. The molecule has 0 unspecified atom stereocenters. The predicted octanol–water partition coefficient (Wildman–Crippen LogP) is 3.18. The molecule has 0 radical (unpaired) electrons. The van der Waals surface area contributed by atoms with Crippen LogP contribution < -0.4 is 0 Å². The van der Waals surface area contributed by atoms with Gasteiger partial charge in [0.2, 0.25) is 5.28 Å². The Morgan fingerprint density at radius 3 is 2.61 bits per heavy atom. The molecule has 0 aliphatic rings. The van der Waals surface area contributed by atoms with Gasteiger partial charge in [-0.3, -0.25) is 0 Å². The Hall–Kier alpha value is -1.65. The highest BCUT2D eigenvalue weighted by Gasteiger charge is 2.06. The van der Waals surface area contributed by atoms with E-state index < -0.39 is 0 Å². The maximum absolute atomic E-state index is 5.85. The first-order valence-electron chi connectivity index (χ1n) is 5.30. The van der Waals surface area contributed by atoms with E-state index in [9.17, 15) is 0 Å². The van der Waals surface area contributed by atoms with Crippen molar-refractivity contribution < 1.29 is 0 Å². The molecule has 6 heteroatoms. The standard InChI is InChI=1S/C12H8Cl2N4/c13-9-3-1-8(2-4-9)6-18-7-16-10-5-15-12(14)17-11(10)18/h1-5,7H,6H2. The van der Waals surface area contributed by atoms with Gasteiger partial charge in [0.1, 0.15) is 5.52 Å². The zero-order chi connectivity index (χ0) is 12.5. The summed E-state index contributed by atoms with van der Waals surface area (Å²) in [5, 5.41) is 0.944. The van der Waals surface area contributed by atoms with E-state index in [0.717, 1.165) is 21.7 Å². The first kappa shape index (κ1) is 11.4. The Labute approximate surface area is 113 Å². The molecule has 0 atom stereocenters. The van der Waals surface area contributed by atoms with Crippen molar-refractivity contribution in [2.75, 3.05) is 0 Å². The van der Waals surface area contributed by atoms with Crippen LogP contribution in [0.25, 0.3) is 11.2 Å². The van der Waals surface area contributed by atoms with Gasteiger partial charge in [-0.25, -0.2) is 9.97 Å². The van der Waals surface area contributed by atoms with E-state index in [1.54, 1.807) is 12.5 Å². The van der Waals surface area contributed by atoms with Gasteiger partial charge in [0.05, 0.1) is 19.1 Å². The van der Waals surface area contributed by atoms with Crippen LogP contribution in [0.3, 0.4) is 0 Å². The molecule has 3 aromatic rings. The molecule has 0 aliphatic heterocycles. The van der Waals surface area contributed by atoms with Gasteiger partial charge in [-0.05, 0) is 29.3 Å². The van der Waals surface area contributed by atoms with Gasteiger partial charge in [0, 0.05) is 5.02 Å². The minimum atomic E-state index is 0.223. The van der Waals surface area contributed by atoms with Crippen LogP contribution in [0.4, 0.5) is 0 Å². The Bertz CT molecular complexity index is 691. The minimum Gasteiger partial charge on any atom is -0.311 e. The van der Waals surface area contributed by atoms with Crippen molar-refractivity contribution in [1.82, 2.24) is 19.5 Å². The number of aromatic nitrogens is 4. The summed E-state index contributed by atoms with van der Waals surface area (Å²) in [5.74, 6) is 0. The number of benzene rings is 1. The molecule has 0 bridgehead atoms. The fourth-order valence-electron chi connectivity index (χ4n) is 1.74. The van der Waals surface area contributed by atoms with Crippen LogP contribution in [-0.4, -0.2) is 19.5 Å². The fraction of sp³-hybridized carbons (Fsp3) is 0.0833. The van der Waals surface area contributed by atoms with Gasteiger partial charge in [0.15, 0.2) is 5.65 Å². The first-order valence-corrected chi connectivity index (χ1v) is 6.06. The van der Waals surface area contributed by atoms with E-state index in [4.69, 9.17) is 23.2 Å². The molecule has 2 aromatic heterocycles. The van der Waals surface area contributed by atoms with Crippen molar-refractivity contribution in [3.05, 3.63) is 52.7 Å². The Morgan fingerprint density at radius 2 is 1.83 bits per heavy atom. The number of hydrogen-bond acceptors (Lipinski definition) is 3. The van der Waals surface area contributed by atoms with Crippen molar-refractivity contribution in [2.45, 2.75) is 6.54 Å². The van der Waals surface area contributed by atoms with Gasteiger partial charge in [0.25, 0.3) is 0 Å². The Morgan fingerprint density at radius 1 is 1.06 bits per heavy atom. The molecule has 0 saturated carbocycles. The van der Waals surface area contributed by atoms with Crippen molar-refractivity contribution >= 4 is 34.4 Å². The van der Waals surface area contributed by atoms with Crippen molar-refractivity contribution in [3.63, 3.8) is 0 Å². The average Bonchev–Trinajstić information content (AvgIpc) is 2.75. The Balaban J connectivity index is 1.99. The molecule has 2 heterocycles. The van der Waals surface area contributed by atoms with Gasteiger partial charge in [-0.2, -0.15) is 4.98 Å². The highest BCUT2D eigenvalue weighted by Crippen LogP contribution is 2.15. The van der Waals surface area contributed by atoms with E-state index in [0.29, 0.717) is 6.54 Å². The first-order chi connectivity index (χ1) is 8.72. The predicted molar refractivity (Wildman–Crippen MR) is 70.9 cm³/mol. The third-order valence-electron chi connectivity index (χ3n) is 2.60. The summed E-state index contributed by atoms with van der Waals surface area (Å²) in [6.45, 7) is 0.668. The molecule has 18 heavy (non-hydrogen) atoms. The van der Waals surface area contributed by atoms with Crippen LogP contribution in [-0.2, 0) is 6.54 Å². The van der Waals surface area contributed by atoms with Crippen molar-refractivity contribution in [3.8, 4) is 0 Å². The maximum Gasteiger partial charge on any atom is 0.224 e. The number of imidazole rings is 1. The summed E-state index contributed by atoms with van der Waals surface area (Å²) < 4.78 is 1.92. The van der Waals surface area contributed by atoms with Crippen LogP contribution in [0, 0.1) is 0 Å². The van der Waals surface area contributed by atoms with Crippen LogP contribution in [0.5, 0.6) is 0 Å². The average molecular weight is 279 g/mol. The van der Waals surface area contributed by atoms with Crippen LogP contribution in [0.2, 0.25) is 10.3 Å². The third-order valence-corrected chi connectivity index (χ3v) is 3.03. The second-order valence-corrected chi connectivity index (χ2v) is 4.62. The molecule has 0 aliphatic carbocycles. The van der Waals surface area contributed by atoms with Gasteiger partial charge in [-0.1, -0.05) is 23.7 Å². The van der Waals surface area contributed by atoms with Gasteiger partial charge >= 0.3 is 0 Å². The zero-order valence-corrected chi connectivity index (χ0v) is 10.7. The van der Waals surface area contributed by atoms with E-state index >= 15 is 0 Å². The molecular weight excluding hydrogens is 271 g/mol. The van der Waals surface area contributed by atoms with E-state index in [2.05, 4.69) is 15.0 Å². The van der Waals surface area contributed by atoms with Crippen molar-refractivity contribution in [1.29, 1.82) is 0 Å². The lowest BCUT2D eigenvalue weighted by Gasteiger charge is -2.04. The summed E-state index contributed by atoms with van der Waals surface area (Å²) in [6, 6.07) is 7.66. The molecule has 3 rings (SSSR count). The van der Waals surface area contributed by atoms with Crippen LogP contribution in [0.1, 0.15) is 5.56 Å². The molecular formula is C12H8Cl2N4. The van der Waals surface area contributed by atoms with Crippen LogP contribution in [0.15, 0.2) is 36.8 Å². The summed E-state index contributed by atoms with van der Waals surface area (Å²) in [4.78, 5) is 12.3. The lowest BCUT2D eigenvalue weighted by molar-refractivity contribution is 0.813. The Kier molecular flexibility index (Phi) is 2.89. The molecule has 90 valence electrons. The quantitative estimate of drug-likeness (QED) is 0.677. The molecule has 0 N–H and O–H groups in total. The topological polar surface area (TPSA) is 43.6 Å². The smallest absolute Gasteiger partial charge is 0.224 e. The van der Waals surface area contributed by atoms with Gasteiger partial charge < -0.3 is 4.57 Å². The summed E-state index contributed by atoms with van der Waals surface area (Å²) in [7, 11) is 0. The maximum atomic E-state index is 5.85. The van der Waals surface area contributed by atoms with Gasteiger partial charge in [-0.15, -0.1) is 0 Å². The molecule has 0 saturated heterocycles. The lowest BCUT2D eigenvalue weighted by atomic mass is 10.2. The summed E-state index contributed by atoms with van der Waals surface area (Å²) >= 11 is 11.6. The second kappa shape index (κ2) is 4.55. The third kappa shape index (κ3) is 2.17. The van der Waals surface area contributed by atoms with E-state index in [1.807, 2.05) is 28.8 Å². The molecule has 1 aromatic carbocycles. The fourth-order valence-corrected chi connectivity index (χ4v) is 1.99. The minimum absolute atomic E-state index is 0.223. The highest BCUT2D eigenvalue weighted by atomic mass is 35.5. The number of nitrogens with zero attached hydrogens (tertiary/aromatic N) is 4. The highest BCUT2D eigenvalue weighted by molar-refractivity contribution is 6.30. The van der Waals surface area contributed by atoms with Crippen LogP contribution >= 0.6 is 23.2 Å². The second-order valence-electron chi connectivity index (χ2n) is 3.85. The molecule has 4 nitrogen and oxygen atoms in total. The number of fused-ring (bicyclic) bond motifs is 1. The van der Waals surface area contributed by atoms with Crippen molar-refractivity contribution in [2.24, 2.45) is 0 Å². The number of hydrogen-bond donors (Lipinski definition) is 0.